The van der Waals surface area contributed by atoms with Crippen LogP contribution in [0.25, 0.3) is 0 Å². The van der Waals surface area contributed by atoms with Gasteiger partial charge >= 0.3 is 0 Å². The zero-order valence-electron chi connectivity index (χ0n) is 15.1. The summed E-state index contributed by atoms with van der Waals surface area (Å²) in [6.45, 7) is 8.45. The van der Waals surface area contributed by atoms with Crippen molar-refractivity contribution >= 4 is 22.4 Å². The van der Waals surface area contributed by atoms with Gasteiger partial charge in [-0.25, -0.2) is 13.1 Å². The zero-order valence-corrected chi connectivity index (χ0v) is 16.7. The highest BCUT2D eigenvalue weighted by Crippen LogP contribution is 2.30. The number of nitrogens with one attached hydrogen (secondary N) is 2. The smallest absolute Gasteiger partial charge is 0.240 e. The topological polar surface area (TPSA) is 76.7 Å². The summed E-state index contributed by atoms with van der Waals surface area (Å²) in [5.74, 6) is 1.32. The van der Waals surface area contributed by atoms with Gasteiger partial charge in [0.25, 0.3) is 0 Å². The molecule has 6 nitrogen and oxygen atoms in total. The van der Waals surface area contributed by atoms with E-state index in [1.165, 1.54) is 6.07 Å². The van der Waals surface area contributed by atoms with Crippen LogP contribution in [0.2, 0.25) is 0 Å². The first-order valence-corrected chi connectivity index (χ1v) is 10.1. The van der Waals surface area contributed by atoms with Gasteiger partial charge in [-0.2, -0.15) is 0 Å². The largest absolute Gasteiger partial charge is 0.490 e. The number of hydrogen-bond donors (Lipinski definition) is 2. The number of rotatable bonds is 8. The van der Waals surface area contributed by atoms with Gasteiger partial charge in [0.05, 0.1) is 18.1 Å². The number of sulfonamides is 1. The summed E-state index contributed by atoms with van der Waals surface area (Å²) in [6.07, 6.45) is 2.11. The molecule has 0 aliphatic carbocycles. The van der Waals surface area contributed by atoms with Crippen LogP contribution in [0.5, 0.6) is 11.5 Å². The van der Waals surface area contributed by atoms with Crippen LogP contribution in [-0.2, 0) is 10.0 Å². The molecule has 1 fully saturated rings. The minimum absolute atomic E-state index is 0. The first-order valence-electron chi connectivity index (χ1n) is 8.60. The molecular formula is C17H29ClN2O4S. The van der Waals surface area contributed by atoms with E-state index in [1.807, 2.05) is 20.8 Å². The van der Waals surface area contributed by atoms with Crippen molar-refractivity contribution in [1.29, 1.82) is 0 Å². The van der Waals surface area contributed by atoms with Crippen LogP contribution in [0.4, 0.5) is 0 Å². The average molecular weight is 393 g/mol. The Morgan fingerprint density at radius 2 is 1.92 bits per heavy atom. The van der Waals surface area contributed by atoms with E-state index in [0.29, 0.717) is 30.6 Å². The predicted octanol–water partition coefficient (Wildman–Crippen LogP) is 2.57. The Morgan fingerprint density at radius 1 is 1.24 bits per heavy atom. The summed E-state index contributed by atoms with van der Waals surface area (Å²) in [5.41, 5.74) is 0. The van der Waals surface area contributed by atoms with Gasteiger partial charge in [-0.15, -0.1) is 12.4 Å². The Labute approximate surface area is 157 Å². The lowest BCUT2D eigenvalue weighted by Crippen LogP contribution is -2.44. The van der Waals surface area contributed by atoms with Crippen molar-refractivity contribution in [3.8, 4) is 11.5 Å². The maximum atomic E-state index is 12.7. The summed E-state index contributed by atoms with van der Waals surface area (Å²) in [4.78, 5) is 0.199. The lowest BCUT2D eigenvalue weighted by atomic mass is 9.94. The molecule has 1 saturated heterocycles. The van der Waals surface area contributed by atoms with Gasteiger partial charge in [0, 0.05) is 12.1 Å². The third-order valence-corrected chi connectivity index (χ3v) is 5.76. The maximum Gasteiger partial charge on any atom is 0.240 e. The molecule has 0 aromatic heterocycles. The number of piperidine rings is 1. The minimum atomic E-state index is -3.59. The van der Waals surface area contributed by atoms with Gasteiger partial charge < -0.3 is 14.8 Å². The Morgan fingerprint density at radius 3 is 2.52 bits per heavy atom. The molecule has 0 bridgehead atoms. The molecule has 1 aliphatic rings. The third-order valence-electron chi connectivity index (χ3n) is 4.21. The molecule has 2 rings (SSSR count). The van der Waals surface area contributed by atoms with Gasteiger partial charge in [-0.05, 0) is 64.8 Å². The summed E-state index contributed by atoms with van der Waals surface area (Å²) in [7, 11) is -3.59. The van der Waals surface area contributed by atoms with Crippen LogP contribution in [0.1, 0.15) is 33.6 Å². The maximum absolute atomic E-state index is 12.7. The molecule has 2 N–H and O–H groups in total. The van der Waals surface area contributed by atoms with Gasteiger partial charge in [0.2, 0.25) is 10.0 Å². The highest BCUT2D eigenvalue weighted by molar-refractivity contribution is 7.89. The molecule has 1 aliphatic heterocycles. The number of halogens is 1. The van der Waals surface area contributed by atoms with Gasteiger partial charge in [-0.1, -0.05) is 0 Å². The molecule has 1 aromatic carbocycles. The summed E-state index contributed by atoms with van der Waals surface area (Å²) in [6, 6.07) is 4.62. The van der Waals surface area contributed by atoms with E-state index in [0.717, 1.165) is 25.9 Å². The van der Waals surface area contributed by atoms with E-state index in [4.69, 9.17) is 9.47 Å². The fourth-order valence-corrected chi connectivity index (χ4v) is 4.24. The molecule has 1 heterocycles. The van der Waals surface area contributed by atoms with Crippen molar-refractivity contribution < 1.29 is 17.9 Å². The van der Waals surface area contributed by atoms with E-state index in [9.17, 15) is 8.42 Å². The molecule has 0 amide bonds. The van der Waals surface area contributed by atoms with Crippen molar-refractivity contribution in [3.05, 3.63) is 18.2 Å². The van der Waals surface area contributed by atoms with Crippen molar-refractivity contribution in [2.45, 2.75) is 44.6 Å². The van der Waals surface area contributed by atoms with Crippen LogP contribution >= 0.6 is 12.4 Å². The summed E-state index contributed by atoms with van der Waals surface area (Å²) >= 11 is 0. The van der Waals surface area contributed by atoms with Gasteiger partial charge in [-0.3, -0.25) is 0 Å². The van der Waals surface area contributed by atoms with E-state index in [2.05, 4.69) is 10.0 Å². The normalized spacial score (nSPS) is 18.9. The zero-order chi connectivity index (χ0) is 17.6. The van der Waals surface area contributed by atoms with E-state index in [-0.39, 0.29) is 23.3 Å². The fourth-order valence-electron chi connectivity index (χ4n) is 2.91. The Hall–Kier alpha value is -1.02. The Bertz CT molecular complexity index is 634. The molecule has 8 heteroatoms. The number of ether oxygens (including phenoxy) is 2. The highest BCUT2D eigenvalue weighted by atomic mass is 35.5. The molecule has 2 unspecified atom stereocenters. The molecule has 2 atom stereocenters. The van der Waals surface area contributed by atoms with Crippen LogP contribution in [0, 0.1) is 5.92 Å². The van der Waals surface area contributed by atoms with E-state index >= 15 is 0 Å². The SMILES string of the molecule is CCOc1ccc(S(=O)(=O)NC(C)C2CCCNC2)cc1OCC.Cl. The third kappa shape index (κ3) is 6.02. The minimum Gasteiger partial charge on any atom is -0.490 e. The molecule has 0 spiro atoms. The second kappa shape index (κ2) is 10.2. The van der Waals surface area contributed by atoms with Gasteiger partial charge in [0.1, 0.15) is 0 Å². The Kier molecular flexibility index (Phi) is 8.99. The second-order valence-electron chi connectivity index (χ2n) is 5.99. The predicted molar refractivity (Wildman–Crippen MR) is 101 cm³/mol. The molecule has 1 aromatic rings. The lowest BCUT2D eigenvalue weighted by molar-refractivity contribution is 0.287. The molecule has 25 heavy (non-hydrogen) atoms. The first-order chi connectivity index (χ1) is 11.5. The Balaban J connectivity index is 0.00000312. The first kappa shape index (κ1) is 22.0. The van der Waals surface area contributed by atoms with E-state index < -0.39 is 10.0 Å². The summed E-state index contributed by atoms with van der Waals surface area (Å²) < 4.78 is 39.2. The highest BCUT2D eigenvalue weighted by Gasteiger charge is 2.25. The summed E-state index contributed by atoms with van der Waals surface area (Å²) in [5, 5.41) is 3.32. The molecule has 0 radical (unpaired) electrons. The standard InChI is InChI=1S/C17H28N2O4S.ClH/c1-4-22-16-9-8-15(11-17(16)23-5-2)24(20,21)19-13(3)14-7-6-10-18-12-14;/h8-9,11,13-14,18-19H,4-7,10,12H2,1-3H3;1H. The second-order valence-corrected chi connectivity index (χ2v) is 7.70. The van der Waals surface area contributed by atoms with Crippen molar-refractivity contribution in [3.63, 3.8) is 0 Å². The quantitative estimate of drug-likeness (QED) is 0.711. The molecule has 144 valence electrons. The van der Waals surface area contributed by atoms with Crippen molar-refractivity contribution in [1.82, 2.24) is 10.0 Å². The average Bonchev–Trinajstić information content (AvgIpc) is 2.57. The van der Waals surface area contributed by atoms with Crippen LogP contribution in [0.3, 0.4) is 0 Å². The van der Waals surface area contributed by atoms with E-state index in [1.54, 1.807) is 12.1 Å². The van der Waals surface area contributed by atoms with Crippen LogP contribution in [0.15, 0.2) is 23.1 Å². The monoisotopic (exact) mass is 392 g/mol. The van der Waals surface area contributed by atoms with Crippen molar-refractivity contribution in [2.24, 2.45) is 5.92 Å². The molecular weight excluding hydrogens is 364 g/mol. The number of hydrogen-bond acceptors (Lipinski definition) is 5. The fraction of sp³-hybridized carbons (Fsp3) is 0.647. The van der Waals surface area contributed by atoms with Crippen molar-refractivity contribution in [2.75, 3.05) is 26.3 Å². The van der Waals surface area contributed by atoms with Gasteiger partial charge in [0.15, 0.2) is 11.5 Å². The van der Waals surface area contributed by atoms with Crippen LogP contribution in [-0.4, -0.2) is 40.8 Å². The lowest BCUT2D eigenvalue weighted by Gasteiger charge is -2.28. The number of benzene rings is 1. The molecule has 0 saturated carbocycles. The van der Waals surface area contributed by atoms with Crippen LogP contribution < -0.4 is 19.5 Å².